The van der Waals surface area contributed by atoms with Crippen molar-refractivity contribution in [2.75, 3.05) is 65.6 Å². The lowest BCUT2D eigenvalue weighted by Crippen LogP contribution is -2.60. The molecule has 3 aliphatic rings. The monoisotopic (exact) mass is 490 g/mol. The molecule has 9 heteroatoms. The van der Waals surface area contributed by atoms with E-state index in [1.54, 1.807) is 6.08 Å². The van der Waals surface area contributed by atoms with Crippen LogP contribution in [0.5, 0.6) is 0 Å². The number of rotatable bonds is 8. The van der Waals surface area contributed by atoms with Gasteiger partial charge in [-0.05, 0) is 24.5 Å². The smallest absolute Gasteiger partial charge is 0.236 e. The van der Waals surface area contributed by atoms with Crippen molar-refractivity contribution in [2.24, 2.45) is 0 Å². The average Bonchev–Trinajstić information content (AvgIpc) is 2.88. The second-order valence-corrected chi connectivity index (χ2v) is 11.4. The van der Waals surface area contributed by atoms with Gasteiger partial charge in [0, 0.05) is 56.8 Å². The summed E-state index contributed by atoms with van der Waals surface area (Å²) in [6.45, 7) is 6.31. The number of carbonyl (C=O) groups is 1. The third kappa shape index (κ3) is 6.66. The summed E-state index contributed by atoms with van der Waals surface area (Å²) in [6, 6.07) is 9.41. The van der Waals surface area contributed by atoms with Crippen molar-refractivity contribution in [3.8, 4) is 0 Å². The second-order valence-electron chi connectivity index (χ2n) is 9.59. The van der Waals surface area contributed by atoms with Gasteiger partial charge < -0.3 is 10.1 Å². The quantitative estimate of drug-likeness (QED) is 0.598. The topological polar surface area (TPSA) is 82.2 Å². The third-order valence-electron chi connectivity index (χ3n) is 7.37. The van der Waals surface area contributed by atoms with E-state index in [-0.39, 0.29) is 11.4 Å². The van der Waals surface area contributed by atoms with Crippen LogP contribution in [-0.4, -0.2) is 99.5 Å². The Balaban J connectivity index is 1.24. The Morgan fingerprint density at radius 1 is 0.971 bits per heavy atom. The number of hydrogen-bond acceptors (Lipinski definition) is 6. The molecule has 1 amide bonds. The largest absolute Gasteiger partial charge is 0.379 e. The first-order chi connectivity index (χ1) is 16.5. The first kappa shape index (κ1) is 25.3. The molecule has 0 bridgehead atoms. The van der Waals surface area contributed by atoms with Gasteiger partial charge in [0.2, 0.25) is 15.9 Å². The number of sulfonamides is 1. The summed E-state index contributed by atoms with van der Waals surface area (Å²) in [4.78, 5) is 17.4. The van der Waals surface area contributed by atoms with Gasteiger partial charge in [-0.2, -0.15) is 4.31 Å². The molecule has 188 valence electrons. The van der Waals surface area contributed by atoms with E-state index in [0.717, 1.165) is 44.7 Å². The number of ether oxygens (including phenoxy) is 1. The number of nitrogens with zero attached hydrogens (tertiary/aromatic N) is 3. The molecule has 0 atom stereocenters. The van der Waals surface area contributed by atoms with Crippen LogP contribution >= 0.6 is 0 Å². The van der Waals surface area contributed by atoms with Crippen LogP contribution in [-0.2, 0) is 19.6 Å². The lowest BCUT2D eigenvalue weighted by atomic mass is 9.79. The van der Waals surface area contributed by atoms with Crippen molar-refractivity contribution in [3.05, 3.63) is 41.3 Å². The van der Waals surface area contributed by atoms with E-state index < -0.39 is 10.0 Å². The number of piperazine rings is 1. The first-order valence-corrected chi connectivity index (χ1v) is 14.0. The highest BCUT2D eigenvalue weighted by Crippen LogP contribution is 2.33. The van der Waals surface area contributed by atoms with E-state index in [0.29, 0.717) is 39.3 Å². The predicted molar refractivity (Wildman–Crippen MR) is 134 cm³/mol. The summed E-state index contributed by atoms with van der Waals surface area (Å²) >= 11 is 0. The molecule has 1 aromatic rings. The molecule has 1 saturated carbocycles. The fourth-order valence-electron chi connectivity index (χ4n) is 5.33. The first-order valence-electron chi connectivity index (χ1n) is 12.5. The van der Waals surface area contributed by atoms with E-state index in [1.165, 1.54) is 29.0 Å². The Labute approximate surface area is 204 Å². The zero-order valence-electron chi connectivity index (χ0n) is 20.0. The summed E-state index contributed by atoms with van der Waals surface area (Å²) in [5.41, 5.74) is 0.907. The van der Waals surface area contributed by atoms with Gasteiger partial charge in [-0.1, -0.05) is 49.6 Å². The summed E-state index contributed by atoms with van der Waals surface area (Å²) in [6.07, 6.45) is 7.57. The van der Waals surface area contributed by atoms with Gasteiger partial charge >= 0.3 is 0 Å². The van der Waals surface area contributed by atoms with Crippen LogP contribution in [0.2, 0.25) is 0 Å². The Kier molecular flexibility index (Phi) is 8.76. The van der Waals surface area contributed by atoms with Crippen LogP contribution in [0.4, 0.5) is 0 Å². The van der Waals surface area contributed by atoms with Crippen LogP contribution in [0.15, 0.2) is 35.7 Å². The number of hydrogen-bond donors (Lipinski definition) is 1. The molecule has 0 aromatic heterocycles. The lowest BCUT2D eigenvalue weighted by molar-refractivity contribution is -0.123. The van der Waals surface area contributed by atoms with Crippen molar-refractivity contribution >= 4 is 22.0 Å². The van der Waals surface area contributed by atoms with Gasteiger partial charge in [-0.3, -0.25) is 14.6 Å². The van der Waals surface area contributed by atoms with Crippen molar-refractivity contribution in [1.82, 2.24) is 19.4 Å². The number of amides is 1. The highest BCUT2D eigenvalue weighted by Gasteiger charge is 2.39. The standard InChI is InChI=1S/C25H38N4O4S/c30-24(26-22-25(10-5-2-6-11-25)28-16-18-33-19-17-28)21-27-12-14-29(15-13-27)34(31,32)20-9-23-7-3-1-4-8-23/h1,3-4,7-9,20H,2,5-6,10-19,21-22H2,(H,26,30)/b20-9+. The molecule has 0 radical (unpaired) electrons. The van der Waals surface area contributed by atoms with Gasteiger partial charge in [0.25, 0.3) is 0 Å². The van der Waals surface area contributed by atoms with Gasteiger partial charge in [-0.15, -0.1) is 0 Å². The van der Waals surface area contributed by atoms with Gasteiger partial charge in [0.05, 0.1) is 19.8 Å². The van der Waals surface area contributed by atoms with Crippen LogP contribution in [0.25, 0.3) is 6.08 Å². The molecule has 2 saturated heterocycles. The zero-order chi connectivity index (χ0) is 23.9. The van der Waals surface area contributed by atoms with E-state index in [1.807, 2.05) is 35.2 Å². The molecule has 2 aliphatic heterocycles. The van der Waals surface area contributed by atoms with E-state index in [2.05, 4.69) is 10.2 Å². The molecule has 0 spiro atoms. The van der Waals surface area contributed by atoms with Crippen LogP contribution in [0.1, 0.15) is 37.7 Å². The van der Waals surface area contributed by atoms with Crippen molar-refractivity contribution in [2.45, 2.75) is 37.6 Å². The Morgan fingerprint density at radius 3 is 2.32 bits per heavy atom. The SMILES string of the molecule is O=C(CN1CCN(S(=O)(=O)/C=C/c2ccccc2)CC1)NCC1(N2CCOCC2)CCCCC1. The maximum absolute atomic E-state index is 12.8. The molecule has 4 rings (SSSR count). The highest BCUT2D eigenvalue weighted by atomic mass is 32.2. The fourth-order valence-corrected chi connectivity index (χ4v) is 6.50. The van der Waals surface area contributed by atoms with E-state index in [4.69, 9.17) is 4.74 Å². The lowest BCUT2D eigenvalue weighted by Gasteiger charge is -2.48. The maximum atomic E-state index is 12.8. The number of benzene rings is 1. The zero-order valence-corrected chi connectivity index (χ0v) is 20.8. The van der Waals surface area contributed by atoms with Gasteiger partial charge in [0.1, 0.15) is 0 Å². The van der Waals surface area contributed by atoms with Crippen molar-refractivity contribution < 1.29 is 17.9 Å². The molecule has 0 unspecified atom stereocenters. The maximum Gasteiger partial charge on any atom is 0.236 e. The summed E-state index contributed by atoms with van der Waals surface area (Å²) in [7, 11) is -3.47. The summed E-state index contributed by atoms with van der Waals surface area (Å²) < 4.78 is 32.4. The van der Waals surface area contributed by atoms with Crippen LogP contribution in [0.3, 0.4) is 0 Å². The normalized spacial score (nSPS) is 23.2. The van der Waals surface area contributed by atoms with Crippen LogP contribution < -0.4 is 5.32 Å². The molecule has 3 fully saturated rings. The second kappa shape index (κ2) is 11.8. The fraction of sp³-hybridized carbons (Fsp3) is 0.640. The predicted octanol–water partition coefficient (Wildman–Crippen LogP) is 1.76. The number of morpholine rings is 1. The molecule has 1 aliphatic carbocycles. The number of carbonyl (C=O) groups excluding carboxylic acids is 1. The Bertz CT molecular complexity index is 917. The molecular formula is C25H38N4O4S. The third-order valence-corrected chi connectivity index (χ3v) is 8.94. The summed E-state index contributed by atoms with van der Waals surface area (Å²) in [5.74, 6) is 0.0264. The minimum absolute atomic E-state index is 0.0264. The Hall–Kier alpha value is -1.78. The van der Waals surface area contributed by atoms with E-state index >= 15 is 0 Å². The van der Waals surface area contributed by atoms with Crippen molar-refractivity contribution in [1.29, 1.82) is 0 Å². The highest BCUT2D eigenvalue weighted by molar-refractivity contribution is 7.92. The molecule has 1 N–H and O–H groups in total. The molecule has 8 nitrogen and oxygen atoms in total. The Morgan fingerprint density at radius 2 is 1.65 bits per heavy atom. The summed E-state index contributed by atoms with van der Waals surface area (Å²) in [5, 5.41) is 4.49. The molecule has 34 heavy (non-hydrogen) atoms. The number of nitrogens with one attached hydrogen (secondary N) is 1. The van der Waals surface area contributed by atoms with Gasteiger partial charge in [-0.25, -0.2) is 8.42 Å². The molecule has 1 aromatic carbocycles. The minimum atomic E-state index is -3.47. The minimum Gasteiger partial charge on any atom is -0.379 e. The molecule has 2 heterocycles. The molecular weight excluding hydrogens is 452 g/mol. The van der Waals surface area contributed by atoms with Crippen LogP contribution in [0, 0.1) is 0 Å². The van der Waals surface area contributed by atoms with E-state index in [9.17, 15) is 13.2 Å². The van der Waals surface area contributed by atoms with Gasteiger partial charge in [0.15, 0.2) is 0 Å². The van der Waals surface area contributed by atoms with Crippen molar-refractivity contribution in [3.63, 3.8) is 0 Å². The average molecular weight is 491 g/mol.